The van der Waals surface area contributed by atoms with Gasteiger partial charge < -0.3 is 10.2 Å². The highest BCUT2D eigenvalue weighted by molar-refractivity contribution is 7.93. The van der Waals surface area contributed by atoms with Crippen LogP contribution in [0.5, 0.6) is 0 Å². The van der Waals surface area contributed by atoms with Crippen molar-refractivity contribution in [3.05, 3.63) is 11.5 Å². The van der Waals surface area contributed by atoms with Gasteiger partial charge in [-0.3, -0.25) is 0 Å². The lowest BCUT2D eigenvalue weighted by atomic mass is 10.0. The number of hydrogen-bond donors (Lipinski definition) is 1. The molecule has 0 aliphatic carbocycles. The van der Waals surface area contributed by atoms with Gasteiger partial charge in [-0.15, -0.1) is 0 Å². The highest BCUT2D eigenvalue weighted by Crippen LogP contribution is 2.16. The van der Waals surface area contributed by atoms with Crippen molar-refractivity contribution in [1.29, 1.82) is 0 Å². The Bertz CT molecular complexity index is 404. The summed E-state index contributed by atoms with van der Waals surface area (Å²) in [4.78, 5) is 13.6. The third kappa shape index (κ3) is 6.05. The van der Waals surface area contributed by atoms with Gasteiger partial charge in [0.1, 0.15) is 0 Å². The lowest BCUT2D eigenvalue weighted by Crippen LogP contribution is -2.40. The molecular formula is C12H22N2O3S. The number of likely N-dealkylation sites (tertiary alicyclic amines) is 1. The Morgan fingerprint density at radius 1 is 1.39 bits per heavy atom. The molecule has 1 aliphatic rings. The Morgan fingerprint density at radius 2 is 2.11 bits per heavy atom. The monoisotopic (exact) mass is 274 g/mol. The van der Waals surface area contributed by atoms with Crippen LogP contribution in [-0.4, -0.2) is 45.2 Å². The van der Waals surface area contributed by atoms with Gasteiger partial charge in [-0.25, -0.2) is 13.2 Å². The summed E-state index contributed by atoms with van der Waals surface area (Å²) in [6, 6.07) is -0.109. The second kappa shape index (κ2) is 6.78. The fourth-order valence-corrected chi connectivity index (χ4v) is 2.39. The first-order chi connectivity index (χ1) is 8.38. The molecule has 1 rings (SSSR count). The van der Waals surface area contributed by atoms with E-state index in [9.17, 15) is 13.2 Å². The van der Waals surface area contributed by atoms with Gasteiger partial charge in [0.2, 0.25) is 0 Å². The molecule has 104 valence electrons. The second-order valence-corrected chi connectivity index (χ2v) is 6.84. The van der Waals surface area contributed by atoms with E-state index in [2.05, 4.69) is 12.2 Å². The zero-order valence-corrected chi connectivity index (χ0v) is 11.9. The zero-order chi connectivity index (χ0) is 13.6. The largest absolute Gasteiger partial charge is 0.334 e. The smallest absolute Gasteiger partial charge is 0.317 e. The molecule has 1 N–H and O–H groups in total. The first-order valence-corrected chi connectivity index (χ1v) is 8.23. The van der Waals surface area contributed by atoms with Gasteiger partial charge in [-0.2, -0.15) is 0 Å². The number of urea groups is 1. The molecule has 0 spiro atoms. The summed E-state index contributed by atoms with van der Waals surface area (Å²) in [5.41, 5.74) is 0. The van der Waals surface area contributed by atoms with Crippen molar-refractivity contribution in [3.63, 3.8) is 0 Å². The first-order valence-electron chi connectivity index (χ1n) is 6.28. The van der Waals surface area contributed by atoms with Gasteiger partial charge in [0.05, 0.1) is 0 Å². The van der Waals surface area contributed by atoms with E-state index in [-0.39, 0.29) is 12.6 Å². The summed E-state index contributed by atoms with van der Waals surface area (Å²) in [5.74, 6) is 0.674. The number of nitrogens with one attached hydrogen (secondary N) is 1. The predicted molar refractivity (Wildman–Crippen MR) is 72.0 cm³/mol. The molecule has 1 saturated heterocycles. The molecule has 1 atom stereocenters. The summed E-state index contributed by atoms with van der Waals surface area (Å²) < 4.78 is 21.7. The molecule has 1 unspecified atom stereocenters. The van der Waals surface area contributed by atoms with Crippen molar-refractivity contribution in [2.45, 2.75) is 26.2 Å². The van der Waals surface area contributed by atoms with Crippen LogP contribution in [0.3, 0.4) is 0 Å². The number of sulfone groups is 1. The van der Waals surface area contributed by atoms with Crippen molar-refractivity contribution < 1.29 is 13.2 Å². The highest BCUT2D eigenvalue weighted by atomic mass is 32.2. The SMILES string of the molecule is CC1CCCN(C(=O)NC/C=C/S(C)(=O)=O)CC1. The van der Waals surface area contributed by atoms with Crippen molar-refractivity contribution in [2.24, 2.45) is 5.92 Å². The van der Waals surface area contributed by atoms with Crippen LogP contribution in [0, 0.1) is 5.92 Å². The first kappa shape index (κ1) is 15.0. The maximum Gasteiger partial charge on any atom is 0.317 e. The van der Waals surface area contributed by atoms with Gasteiger partial charge in [-0.05, 0) is 25.2 Å². The second-order valence-electron chi connectivity index (χ2n) is 4.91. The topological polar surface area (TPSA) is 66.5 Å². The van der Waals surface area contributed by atoms with Crippen LogP contribution in [0.15, 0.2) is 11.5 Å². The van der Waals surface area contributed by atoms with Crippen molar-refractivity contribution >= 4 is 15.9 Å². The van der Waals surface area contributed by atoms with Crippen LogP contribution in [0.2, 0.25) is 0 Å². The maximum absolute atomic E-state index is 11.8. The fraction of sp³-hybridized carbons (Fsp3) is 0.750. The Balaban J connectivity index is 2.34. The van der Waals surface area contributed by atoms with Gasteiger partial charge in [0.15, 0.2) is 9.84 Å². The van der Waals surface area contributed by atoms with E-state index >= 15 is 0 Å². The Morgan fingerprint density at radius 3 is 2.78 bits per heavy atom. The molecule has 0 saturated carbocycles. The Labute approximate surface area is 109 Å². The lowest BCUT2D eigenvalue weighted by Gasteiger charge is -2.20. The number of amides is 2. The van der Waals surface area contributed by atoms with Crippen LogP contribution in [0.1, 0.15) is 26.2 Å². The van der Waals surface area contributed by atoms with E-state index in [1.165, 1.54) is 6.08 Å². The molecule has 0 aromatic rings. The molecule has 0 aromatic heterocycles. The van der Waals surface area contributed by atoms with E-state index in [1.807, 2.05) is 0 Å². The molecular weight excluding hydrogens is 252 g/mol. The molecule has 0 bridgehead atoms. The van der Waals surface area contributed by atoms with E-state index < -0.39 is 9.84 Å². The number of carbonyl (C=O) groups excluding carboxylic acids is 1. The third-order valence-electron chi connectivity index (χ3n) is 3.02. The third-order valence-corrected chi connectivity index (χ3v) is 3.71. The van der Waals surface area contributed by atoms with Crippen molar-refractivity contribution in [2.75, 3.05) is 25.9 Å². The fourth-order valence-electron chi connectivity index (χ4n) is 1.95. The molecule has 1 heterocycles. The minimum Gasteiger partial charge on any atom is -0.334 e. The minimum absolute atomic E-state index is 0.109. The minimum atomic E-state index is -3.11. The average molecular weight is 274 g/mol. The quantitative estimate of drug-likeness (QED) is 0.845. The van der Waals surface area contributed by atoms with Crippen molar-refractivity contribution in [3.8, 4) is 0 Å². The van der Waals surface area contributed by atoms with Crippen LogP contribution in [0.4, 0.5) is 4.79 Å². The molecule has 0 radical (unpaired) electrons. The molecule has 1 fully saturated rings. The number of rotatable bonds is 3. The van der Waals surface area contributed by atoms with Crippen LogP contribution in [0.25, 0.3) is 0 Å². The standard InChI is InChI=1S/C12H22N2O3S/c1-11-5-3-8-14(9-6-11)12(15)13-7-4-10-18(2,16)17/h4,10-11H,3,5-9H2,1-2H3,(H,13,15)/b10-4+. The van der Waals surface area contributed by atoms with Crippen molar-refractivity contribution in [1.82, 2.24) is 10.2 Å². The molecule has 5 nitrogen and oxygen atoms in total. The van der Waals surface area contributed by atoms with Crippen LogP contribution < -0.4 is 5.32 Å². The number of hydrogen-bond acceptors (Lipinski definition) is 3. The molecule has 1 aliphatic heterocycles. The number of carbonyl (C=O) groups is 1. The van der Waals surface area contributed by atoms with Crippen LogP contribution in [-0.2, 0) is 9.84 Å². The van der Waals surface area contributed by atoms with E-state index in [0.29, 0.717) is 5.92 Å². The van der Waals surface area contributed by atoms with Gasteiger partial charge in [0.25, 0.3) is 0 Å². The molecule has 18 heavy (non-hydrogen) atoms. The van der Waals surface area contributed by atoms with Gasteiger partial charge in [-0.1, -0.05) is 13.0 Å². The highest BCUT2D eigenvalue weighted by Gasteiger charge is 2.17. The maximum atomic E-state index is 11.8. The summed E-state index contributed by atoms with van der Waals surface area (Å²) in [5, 5.41) is 3.81. The molecule has 0 aromatic carbocycles. The van der Waals surface area contributed by atoms with Crippen LogP contribution >= 0.6 is 0 Å². The predicted octanol–water partition coefficient (Wildman–Crippen LogP) is 1.38. The Kier molecular flexibility index (Phi) is 5.65. The van der Waals surface area contributed by atoms with E-state index in [0.717, 1.165) is 44.0 Å². The summed E-state index contributed by atoms with van der Waals surface area (Å²) in [6.07, 6.45) is 5.81. The summed E-state index contributed by atoms with van der Waals surface area (Å²) in [7, 11) is -3.11. The molecule has 2 amide bonds. The molecule has 6 heteroatoms. The van der Waals surface area contributed by atoms with E-state index in [1.54, 1.807) is 4.90 Å². The summed E-state index contributed by atoms with van der Waals surface area (Å²) in [6.45, 7) is 4.02. The number of nitrogens with zero attached hydrogens (tertiary/aromatic N) is 1. The van der Waals surface area contributed by atoms with Gasteiger partial charge >= 0.3 is 6.03 Å². The lowest BCUT2D eigenvalue weighted by molar-refractivity contribution is 0.200. The summed E-state index contributed by atoms with van der Waals surface area (Å²) >= 11 is 0. The zero-order valence-electron chi connectivity index (χ0n) is 11.1. The Hall–Kier alpha value is -1.04. The van der Waals surface area contributed by atoms with E-state index in [4.69, 9.17) is 0 Å². The van der Waals surface area contributed by atoms with Gasteiger partial charge in [0, 0.05) is 31.3 Å². The average Bonchev–Trinajstić information content (AvgIpc) is 2.48. The normalized spacial score (nSPS) is 21.9.